The molecule has 1 N–H and O–H groups in total. The summed E-state index contributed by atoms with van der Waals surface area (Å²) in [5.74, 6) is 0.411. The zero-order valence-corrected chi connectivity index (χ0v) is 12.3. The largest absolute Gasteiger partial charge is 0.441 e. The lowest BCUT2D eigenvalue weighted by molar-refractivity contribution is 0.102. The molecule has 3 aromatic rings. The lowest BCUT2D eigenvalue weighted by Crippen LogP contribution is -2.11. The van der Waals surface area contributed by atoms with Gasteiger partial charge in [-0.3, -0.25) is 4.79 Å². The topological polar surface area (TPSA) is 55.1 Å². The quantitative estimate of drug-likeness (QED) is 0.767. The highest BCUT2D eigenvalue weighted by molar-refractivity contribution is 9.10. The van der Waals surface area contributed by atoms with Gasteiger partial charge in [0.1, 0.15) is 5.52 Å². The third kappa shape index (κ3) is 2.58. The summed E-state index contributed by atoms with van der Waals surface area (Å²) in [4.78, 5) is 16.4. The van der Waals surface area contributed by atoms with Gasteiger partial charge in [0, 0.05) is 22.6 Å². The van der Waals surface area contributed by atoms with Crippen LogP contribution in [-0.2, 0) is 0 Å². The number of anilines is 1. The van der Waals surface area contributed by atoms with E-state index in [1.54, 1.807) is 25.1 Å². The fourth-order valence-corrected chi connectivity index (χ4v) is 2.18. The summed E-state index contributed by atoms with van der Waals surface area (Å²) in [6, 6.07) is 12.6. The minimum atomic E-state index is -0.178. The summed E-state index contributed by atoms with van der Waals surface area (Å²) in [6.45, 7) is 1.78. The van der Waals surface area contributed by atoms with Crippen LogP contribution in [0.2, 0.25) is 0 Å². The van der Waals surface area contributed by atoms with E-state index in [1.807, 2.05) is 24.3 Å². The Kier molecular flexibility index (Phi) is 3.28. The van der Waals surface area contributed by atoms with Crippen LogP contribution in [0.3, 0.4) is 0 Å². The number of rotatable bonds is 2. The summed E-state index contributed by atoms with van der Waals surface area (Å²) in [6.07, 6.45) is 0. The van der Waals surface area contributed by atoms with Gasteiger partial charge in [0.15, 0.2) is 11.5 Å². The number of hydrogen-bond donors (Lipinski definition) is 1. The Morgan fingerprint density at radius 3 is 2.70 bits per heavy atom. The number of hydrogen-bond acceptors (Lipinski definition) is 3. The SMILES string of the molecule is Cc1nc2ccc(C(=O)Nc3ccc(Br)cc3)cc2o1. The van der Waals surface area contributed by atoms with Gasteiger partial charge in [-0.1, -0.05) is 15.9 Å². The first-order chi connectivity index (χ1) is 9.61. The number of aryl methyl sites for hydroxylation is 1. The molecule has 2 aromatic carbocycles. The Labute approximate surface area is 123 Å². The third-order valence-electron chi connectivity index (χ3n) is 2.86. The molecule has 0 saturated heterocycles. The molecule has 20 heavy (non-hydrogen) atoms. The van der Waals surface area contributed by atoms with Gasteiger partial charge in [-0.25, -0.2) is 4.98 Å². The van der Waals surface area contributed by atoms with Gasteiger partial charge in [-0.15, -0.1) is 0 Å². The van der Waals surface area contributed by atoms with E-state index in [1.165, 1.54) is 0 Å². The van der Waals surface area contributed by atoms with Crippen LogP contribution >= 0.6 is 15.9 Å². The van der Waals surface area contributed by atoms with Crippen LogP contribution in [0.4, 0.5) is 5.69 Å². The van der Waals surface area contributed by atoms with Crippen molar-refractivity contribution in [3.8, 4) is 0 Å². The Morgan fingerprint density at radius 2 is 1.95 bits per heavy atom. The number of oxazole rings is 1. The van der Waals surface area contributed by atoms with Gasteiger partial charge in [0.2, 0.25) is 0 Å². The van der Waals surface area contributed by atoms with Crippen molar-refractivity contribution in [2.75, 3.05) is 5.32 Å². The molecule has 1 aromatic heterocycles. The average Bonchev–Trinajstić information content (AvgIpc) is 2.80. The zero-order valence-electron chi connectivity index (χ0n) is 10.7. The number of nitrogens with one attached hydrogen (secondary N) is 1. The van der Waals surface area contributed by atoms with E-state index in [2.05, 4.69) is 26.2 Å². The van der Waals surface area contributed by atoms with Crippen LogP contribution in [0.1, 0.15) is 16.2 Å². The molecule has 0 aliphatic carbocycles. The third-order valence-corrected chi connectivity index (χ3v) is 3.39. The van der Waals surface area contributed by atoms with Crippen LogP contribution in [-0.4, -0.2) is 10.9 Å². The number of benzene rings is 2. The minimum absolute atomic E-state index is 0.178. The average molecular weight is 331 g/mol. The Balaban J connectivity index is 1.86. The summed E-state index contributed by atoms with van der Waals surface area (Å²) in [5.41, 5.74) is 2.65. The predicted molar refractivity (Wildman–Crippen MR) is 80.8 cm³/mol. The Bertz CT molecular complexity index is 778. The first kappa shape index (κ1) is 12.9. The number of amides is 1. The summed E-state index contributed by atoms with van der Waals surface area (Å²) in [7, 11) is 0. The molecule has 0 radical (unpaired) electrons. The molecule has 0 spiro atoms. The van der Waals surface area contributed by atoms with Crippen molar-refractivity contribution >= 4 is 38.6 Å². The van der Waals surface area contributed by atoms with Crippen LogP contribution < -0.4 is 5.32 Å². The number of carbonyl (C=O) groups is 1. The van der Waals surface area contributed by atoms with Crippen molar-refractivity contribution in [3.05, 3.63) is 58.4 Å². The predicted octanol–water partition coefficient (Wildman–Crippen LogP) is 4.15. The molecule has 100 valence electrons. The normalized spacial score (nSPS) is 10.7. The van der Waals surface area contributed by atoms with Crippen molar-refractivity contribution in [2.24, 2.45) is 0 Å². The molecular weight excluding hydrogens is 320 g/mol. The van der Waals surface area contributed by atoms with Gasteiger partial charge in [0.05, 0.1) is 0 Å². The van der Waals surface area contributed by atoms with Crippen LogP contribution in [0.25, 0.3) is 11.1 Å². The highest BCUT2D eigenvalue weighted by Gasteiger charge is 2.09. The van der Waals surface area contributed by atoms with E-state index in [-0.39, 0.29) is 5.91 Å². The molecule has 0 aliphatic heterocycles. The van der Waals surface area contributed by atoms with Gasteiger partial charge < -0.3 is 9.73 Å². The van der Waals surface area contributed by atoms with Crippen molar-refractivity contribution in [2.45, 2.75) is 6.92 Å². The maximum Gasteiger partial charge on any atom is 0.255 e. The van der Waals surface area contributed by atoms with E-state index in [4.69, 9.17) is 4.42 Å². The highest BCUT2D eigenvalue weighted by Crippen LogP contribution is 2.19. The molecule has 3 rings (SSSR count). The number of aromatic nitrogens is 1. The van der Waals surface area contributed by atoms with Crippen molar-refractivity contribution in [1.29, 1.82) is 0 Å². The van der Waals surface area contributed by atoms with Crippen molar-refractivity contribution in [1.82, 2.24) is 4.98 Å². The standard InChI is InChI=1S/C15H11BrN2O2/c1-9-17-13-7-2-10(8-14(13)20-9)15(19)18-12-5-3-11(16)4-6-12/h2-8H,1H3,(H,18,19). The minimum Gasteiger partial charge on any atom is -0.441 e. The van der Waals surface area contributed by atoms with E-state index >= 15 is 0 Å². The molecule has 0 aliphatic rings. The molecule has 0 atom stereocenters. The fraction of sp³-hybridized carbons (Fsp3) is 0.0667. The monoisotopic (exact) mass is 330 g/mol. The molecule has 1 heterocycles. The highest BCUT2D eigenvalue weighted by atomic mass is 79.9. The first-order valence-corrected chi connectivity index (χ1v) is 6.85. The smallest absolute Gasteiger partial charge is 0.255 e. The molecular formula is C15H11BrN2O2. The summed E-state index contributed by atoms with van der Waals surface area (Å²) < 4.78 is 6.39. The number of halogens is 1. The molecule has 5 heteroatoms. The number of fused-ring (bicyclic) bond motifs is 1. The lowest BCUT2D eigenvalue weighted by atomic mass is 10.2. The Morgan fingerprint density at radius 1 is 1.20 bits per heavy atom. The molecule has 0 bridgehead atoms. The van der Waals surface area contributed by atoms with Gasteiger partial charge in [-0.2, -0.15) is 0 Å². The number of nitrogens with zero attached hydrogens (tertiary/aromatic N) is 1. The van der Waals surface area contributed by atoms with E-state index in [0.29, 0.717) is 17.0 Å². The molecule has 0 saturated carbocycles. The molecule has 0 unspecified atom stereocenters. The van der Waals surface area contributed by atoms with E-state index in [0.717, 1.165) is 15.7 Å². The number of carbonyl (C=O) groups excluding carboxylic acids is 1. The summed E-state index contributed by atoms with van der Waals surface area (Å²) in [5, 5.41) is 2.84. The van der Waals surface area contributed by atoms with Gasteiger partial charge in [0.25, 0.3) is 5.91 Å². The van der Waals surface area contributed by atoms with Crippen LogP contribution in [0.5, 0.6) is 0 Å². The van der Waals surface area contributed by atoms with Crippen LogP contribution in [0, 0.1) is 6.92 Å². The van der Waals surface area contributed by atoms with Crippen LogP contribution in [0.15, 0.2) is 51.4 Å². The van der Waals surface area contributed by atoms with Crippen molar-refractivity contribution in [3.63, 3.8) is 0 Å². The van der Waals surface area contributed by atoms with Gasteiger partial charge in [-0.05, 0) is 42.5 Å². The van der Waals surface area contributed by atoms with Crippen molar-refractivity contribution < 1.29 is 9.21 Å². The summed E-state index contributed by atoms with van der Waals surface area (Å²) >= 11 is 3.35. The zero-order chi connectivity index (χ0) is 14.1. The maximum atomic E-state index is 12.2. The second-order valence-corrected chi connectivity index (χ2v) is 5.29. The second-order valence-electron chi connectivity index (χ2n) is 4.38. The Hall–Kier alpha value is -2.14. The molecule has 4 nitrogen and oxygen atoms in total. The second kappa shape index (κ2) is 5.09. The molecule has 0 fully saturated rings. The van der Waals surface area contributed by atoms with E-state index < -0.39 is 0 Å². The van der Waals surface area contributed by atoms with Gasteiger partial charge >= 0.3 is 0 Å². The first-order valence-electron chi connectivity index (χ1n) is 6.06. The fourth-order valence-electron chi connectivity index (χ4n) is 1.92. The lowest BCUT2D eigenvalue weighted by Gasteiger charge is -2.05. The molecule has 1 amide bonds. The maximum absolute atomic E-state index is 12.2. The van der Waals surface area contributed by atoms with E-state index in [9.17, 15) is 4.79 Å².